The lowest BCUT2D eigenvalue weighted by molar-refractivity contribution is 0.0954. The van der Waals surface area contributed by atoms with E-state index in [4.69, 9.17) is 0 Å². The Morgan fingerprint density at radius 2 is 2.12 bits per heavy atom. The number of carbonyl (C=O) groups is 1. The summed E-state index contributed by atoms with van der Waals surface area (Å²) in [7, 11) is 0. The minimum Gasteiger partial charge on any atom is -0.267 e. The van der Waals surface area contributed by atoms with Crippen LogP contribution in [-0.4, -0.2) is 16.6 Å². The summed E-state index contributed by atoms with van der Waals surface area (Å²) in [5, 5.41) is 6.02. The van der Waals surface area contributed by atoms with Crippen molar-refractivity contribution < 1.29 is 4.79 Å². The second kappa shape index (κ2) is 5.36. The van der Waals surface area contributed by atoms with E-state index in [9.17, 15) is 4.79 Å². The van der Waals surface area contributed by atoms with Gasteiger partial charge in [-0.1, -0.05) is 6.07 Å². The van der Waals surface area contributed by atoms with Crippen molar-refractivity contribution >= 4 is 23.0 Å². The highest BCUT2D eigenvalue weighted by atomic mass is 32.1. The number of hydrazone groups is 1. The van der Waals surface area contributed by atoms with Gasteiger partial charge >= 0.3 is 0 Å². The second-order valence-electron chi connectivity index (χ2n) is 3.35. The van der Waals surface area contributed by atoms with Gasteiger partial charge in [0.15, 0.2) is 0 Å². The Balaban J connectivity index is 2.04. The Labute approximate surface area is 103 Å². The number of thiophene rings is 1. The standard InChI is InChI=1S/C12H11N3OS/c1-9(11-3-2-8-17-11)14-15-12(16)10-4-6-13-7-5-10/h2-8H,1H3,(H,15,16)/b14-9+. The minimum absolute atomic E-state index is 0.233. The van der Waals surface area contributed by atoms with Crippen LogP contribution in [-0.2, 0) is 0 Å². The summed E-state index contributed by atoms with van der Waals surface area (Å²) in [6.07, 6.45) is 3.15. The average molecular weight is 245 g/mol. The van der Waals surface area contributed by atoms with Crippen LogP contribution in [0.25, 0.3) is 0 Å². The van der Waals surface area contributed by atoms with Gasteiger partial charge in [0.1, 0.15) is 0 Å². The maximum atomic E-state index is 11.7. The molecule has 0 aliphatic carbocycles. The van der Waals surface area contributed by atoms with Crippen LogP contribution < -0.4 is 5.43 Å². The number of pyridine rings is 1. The molecule has 5 heteroatoms. The van der Waals surface area contributed by atoms with Gasteiger partial charge in [-0.2, -0.15) is 5.10 Å². The average Bonchev–Trinajstić information content (AvgIpc) is 2.90. The molecule has 17 heavy (non-hydrogen) atoms. The van der Waals surface area contributed by atoms with Crippen molar-refractivity contribution in [1.29, 1.82) is 0 Å². The van der Waals surface area contributed by atoms with Crippen LogP contribution in [0.2, 0.25) is 0 Å². The number of nitrogens with one attached hydrogen (secondary N) is 1. The molecule has 4 nitrogen and oxygen atoms in total. The van der Waals surface area contributed by atoms with Gasteiger partial charge in [-0.3, -0.25) is 9.78 Å². The predicted molar refractivity (Wildman–Crippen MR) is 68.2 cm³/mol. The summed E-state index contributed by atoms with van der Waals surface area (Å²) in [5.41, 5.74) is 3.85. The van der Waals surface area contributed by atoms with E-state index in [1.807, 2.05) is 24.4 Å². The zero-order chi connectivity index (χ0) is 12.1. The van der Waals surface area contributed by atoms with Crippen molar-refractivity contribution in [3.05, 3.63) is 52.5 Å². The quantitative estimate of drug-likeness (QED) is 0.666. The van der Waals surface area contributed by atoms with Gasteiger partial charge < -0.3 is 0 Å². The molecule has 2 heterocycles. The first-order valence-electron chi connectivity index (χ1n) is 5.06. The molecule has 1 amide bonds. The van der Waals surface area contributed by atoms with E-state index in [2.05, 4.69) is 15.5 Å². The zero-order valence-electron chi connectivity index (χ0n) is 9.25. The lowest BCUT2D eigenvalue weighted by Gasteiger charge is -2.00. The lowest BCUT2D eigenvalue weighted by Crippen LogP contribution is -2.19. The molecule has 2 aromatic heterocycles. The van der Waals surface area contributed by atoms with Crippen molar-refractivity contribution in [2.24, 2.45) is 5.10 Å². The fourth-order valence-corrected chi connectivity index (χ4v) is 1.92. The fourth-order valence-electron chi connectivity index (χ4n) is 1.24. The summed E-state index contributed by atoms with van der Waals surface area (Å²) in [6, 6.07) is 7.20. The van der Waals surface area contributed by atoms with Crippen molar-refractivity contribution in [2.75, 3.05) is 0 Å². The molecule has 2 aromatic rings. The number of rotatable bonds is 3. The Morgan fingerprint density at radius 3 is 2.76 bits per heavy atom. The smallest absolute Gasteiger partial charge is 0.267 e. The Hall–Kier alpha value is -2.01. The van der Waals surface area contributed by atoms with Gasteiger partial charge in [-0.25, -0.2) is 5.43 Å². The first-order chi connectivity index (χ1) is 8.27. The summed E-state index contributed by atoms with van der Waals surface area (Å²) in [6.45, 7) is 1.86. The van der Waals surface area contributed by atoms with Crippen molar-refractivity contribution in [3.63, 3.8) is 0 Å². The van der Waals surface area contributed by atoms with Gasteiger partial charge in [0.05, 0.1) is 5.71 Å². The van der Waals surface area contributed by atoms with Crippen LogP contribution in [0.15, 0.2) is 47.1 Å². The third-order valence-electron chi connectivity index (χ3n) is 2.15. The molecule has 0 bridgehead atoms. The molecule has 0 atom stereocenters. The van der Waals surface area contributed by atoms with Gasteiger partial charge in [0.25, 0.3) is 5.91 Å². The Kier molecular flexibility index (Phi) is 3.62. The molecule has 0 aliphatic heterocycles. The van der Waals surface area contributed by atoms with Crippen LogP contribution in [0.3, 0.4) is 0 Å². The predicted octanol–water partition coefficient (Wildman–Crippen LogP) is 2.30. The maximum Gasteiger partial charge on any atom is 0.271 e. The van der Waals surface area contributed by atoms with Crippen molar-refractivity contribution in [1.82, 2.24) is 10.4 Å². The summed E-state index contributed by atoms with van der Waals surface area (Å²) < 4.78 is 0. The summed E-state index contributed by atoms with van der Waals surface area (Å²) >= 11 is 1.59. The van der Waals surface area contributed by atoms with E-state index < -0.39 is 0 Å². The molecule has 1 N–H and O–H groups in total. The third-order valence-corrected chi connectivity index (χ3v) is 3.12. The highest BCUT2D eigenvalue weighted by molar-refractivity contribution is 7.12. The van der Waals surface area contributed by atoms with E-state index in [1.54, 1.807) is 35.9 Å². The Morgan fingerprint density at radius 1 is 1.35 bits per heavy atom. The number of nitrogens with zero attached hydrogens (tertiary/aromatic N) is 2. The minimum atomic E-state index is -0.233. The summed E-state index contributed by atoms with van der Waals surface area (Å²) in [4.78, 5) is 16.6. The van der Waals surface area contributed by atoms with E-state index in [0.717, 1.165) is 10.6 Å². The number of hydrogen-bond acceptors (Lipinski definition) is 4. The highest BCUT2D eigenvalue weighted by Gasteiger charge is 2.04. The summed E-state index contributed by atoms with van der Waals surface area (Å²) in [5.74, 6) is -0.233. The van der Waals surface area contributed by atoms with Crippen LogP contribution in [0, 0.1) is 0 Å². The lowest BCUT2D eigenvalue weighted by atomic mass is 10.3. The molecule has 0 saturated carbocycles. The van der Waals surface area contributed by atoms with Crippen molar-refractivity contribution in [3.8, 4) is 0 Å². The molecule has 0 aromatic carbocycles. The monoisotopic (exact) mass is 245 g/mol. The molecular weight excluding hydrogens is 234 g/mol. The van der Waals surface area contributed by atoms with Crippen LogP contribution >= 0.6 is 11.3 Å². The zero-order valence-corrected chi connectivity index (χ0v) is 10.1. The van der Waals surface area contributed by atoms with E-state index in [0.29, 0.717) is 5.56 Å². The molecule has 0 spiro atoms. The van der Waals surface area contributed by atoms with E-state index >= 15 is 0 Å². The van der Waals surface area contributed by atoms with Crippen molar-refractivity contribution in [2.45, 2.75) is 6.92 Å². The number of hydrogen-bond donors (Lipinski definition) is 1. The molecular formula is C12H11N3OS. The van der Waals surface area contributed by atoms with Gasteiger partial charge in [-0.15, -0.1) is 11.3 Å². The third kappa shape index (κ3) is 2.98. The maximum absolute atomic E-state index is 11.7. The number of amides is 1. The van der Waals surface area contributed by atoms with E-state index in [1.165, 1.54) is 0 Å². The molecule has 0 unspecified atom stereocenters. The normalized spacial score (nSPS) is 11.2. The van der Waals surface area contributed by atoms with E-state index in [-0.39, 0.29) is 5.91 Å². The first kappa shape index (κ1) is 11.5. The Bertz CT molecular complexity index is 520. The second-order valence-corrected chi connectivity index (χ2v) is 4.30. The number of carbonyl (C=O) groups excluding carboxylic acids is 1. The first-order valence-corrected chi connectivity index (χ1v) is 5.94. The SMILES string of the molecule is C/C(=N\NC(=O)c1ccncc1)c1cccs1. The fraction of sp³-hybridized carbons (Fsp3) is 0.0833. The molecule has 0 saturated heterocycles. The molecule has 0 fully saturated rings. The molecule has 2 rings (SSSR count). The largest absolute Gasteiger partial charge is 0.271 e. The van der Waals surface area contributed by atoms with Gasteiger partial charge in [0, 0.05) is 22.8 Å². The molecule has 0 aliphatic rings. The number of aromatic nitrogens is 1. The van der Waals surface area contributed by atoms with Gasteiger partial charge in [0.2, 0.25) is 0 Å². The van der Waals surface area contributed by atoms with Crippen LogP contribution in [0.1, 0.15) is 22.2 Å². The van der Waals surface area contributed by atoms with Crippen LogP contribution in [0.4, 0.5) is 0 Å². The molecule has 0 radical (unpaired) electrons. The van der Waals surface area contributed by atoms with Crippen LogP contribution in [0.5, 0.6) is 0 Å². The van der Waals surface area contributed by atoms with Gasteiger partial charge in [-0.05, 0) is 30.5 Å². The highest BCUT2D eigenvalue weighted by Crippen LogP contribution is 2.09. The topological polar surface area (TPSA) is 54.4 Å². The molecule has 86 valence electrons.